The van der Waals surface area contributed by atoms with Gasteiger partial charge in [0.15, 0.2) is 0 Å². The number of aromatic nitrogens is 1. The molecule has 0 bridgehead atoms. The third kappa shape index (κ3) is 2.75. The average molecular weight is 295 g/mol. The van der Waals surface area contributed by atoms with E-state index in [4.69, 9.17) is 5.73 Å². The van der Waals surface area contributed by atoms with Crippen LogP contribution in [-0.4, -0.2) is 48.5 Å². The molecule has 0 saturated carbocycles. The van der Waals surface area contributed by atoms with E-state index >= 15 is 0 Å². The molecule has 0 fully saturated rings. The molecule has 0 aromatic carbocycles. The van der Waals surface area contributed by atoms with Crippen LogP contribution < -0.4 is 5.73 Å². The molecule has 0 amide bonds. The van der Waals surface area contributed by atoms with Crippen molar-refractivity contribution in [3.8, 4) is 0 Å². The van der Waals surface area contributed by atoms with Crippen molar-refractivity contribution in [2.45, 2.75) is 25.0 Å². The van der Waals surface area contributed by atoms with Gasteiger partial charge in [-0.15, -0.1) is 0 Å². The molecule has 2 N–H and O–H groups in total. The van der Waals surface area contributed by atoms with E-state index in [1.165, 1.54) is 0 Å². The number of nitrogens with two attached hydrogens (primary N) is 1. The summed E-state index contributed by atoms with van der Waals surface area (Å²) in [7, 11) is 8.04. The van der Waals surface area contributed by atoms with Crippen molar-refractivity contribution in [2.24, 2.45) is 5.73 Å². The molecule has 1 aromatic rings. The van der Waals surface area contributed by atoms with Gasteiger partial charge in [0, 0.05) is 22.7 Å². The van der Waals surface area contributed by atoms with Gasteiger partial charge in [-0.1, -0.05) is 6.07 Å². The van der Waals surface area contributed by atoms with Gasteiger partial charge in [-0.05, 0) is 54.2 Å². The van der Waals surface area contributed by atoms with Crippen molar-refractivity contribution in [1.29, 1.82) is 0 Å². The van der Waals surface area contributed by atoms with E-state index in [-0.39, 0.29) is 22.0 Å². The Labute approximate surface area is 120 Å². The fourth-order valence-corrected chi connectivity index (χ4v) is 2.02. The summed E-state index contributed by atoms with van der Waals surface area (Å²) in [5.74, 6) is 0. The first-order valence-electron chi connectivity index (χ1n) is 5.80. The van der Waals surface area contributed by atoms with Gasteiger partial charge in [-0.25, -0.2) is 0 Å². The summed E-state index contributed by atoms with van der Waals surface area (Å²) < 4.78 is 0. The molecule has 0 aliphatic carbocycles. The van der Waals surface area contributed by atoms with Gasteiger partial charge in [0.25, 0.3) is 0 Å². The first kappa shape index (κ1) is 17.5. The third-order valence-corrected chi connectivity index (χ3v) is 3.81. The molecule has 0 radical (unpaired) electrons. The fraction of sp³-hybridized carbons (Fsp3) is 0.615. The van der Waals surface area contributed by atoms with Crippen LogP contribution in [-0.2, 0) is 22.2 Å². The molecule has 1 unspecified atom stereocenters. The van der Waals surface area contributed by atoms with Gasteiger partial charge >= 0.3 is 0 Å². The smallest absolute Gasteiger partial charge is 0.130 e. The number of hydrogen-bond donors (Lipinski definition) is 1. The monoisotopic (exact) mass is 294 g/mol. The summed E-state index contributed by atoms with van der Waals surface area (Å²) in [5.41, 5.74) is 6.65. The molecular formula is C13H24N4Ni. The van der Waals surface area contributed by atoms with E-state index in [0.717, 1.165) is 5.69 Å². The summed E-state index contributed by atoms with van der Waals surface area (Å²) in [4.78, 5) is 8.58. The second-order valence-electron chi connectivity index (χ2n) is 5.33. The van der Waals surface area contributed by atoms with Crippen LogP contribution in [0.2, 0.25) is 0 Å². The van der Waals surface area contributed by atoms with Gasteiger partial charge < -0.3 is 10.6 Å². The summed E-state index contributed by atoms with van der Waals surface area (Å²) in [6.45, 7) is 4.25. The predicted octanol–water partition coefficient (Wildman–Crippen LogP) is 1.09. The zero-order chi connectivity index (χ0) is 13.3. The van der Waals surface area contributed by atoms with E-state index in [0.29, 0.717) is 0 Å². The van der Waals surface area contributed by atoms with Crippen molar-refractivity contribution in [3.63, 3.8) is 0 Å². The molecule has 0 saturated heterocycles. The Hall–Kier alpha value is -0.476. The Balaban J connectivity index is 0.00000289. The Bertz CT molecular complexity index is 365. The predicted molar refractivity (Wildman–Crippen MR) is 71.6 cm³/mol. The van der Waals surface area contributed by atoms with E-state index in [1.807, 2.05) is 51.3 Å². The van der Waals surface area contributed by atoms with Crippen LogP contribution in [0.25, 0.3) is 0 Å². The molecule has 106 valence electrons. The van der Waals surface area contributed by atoms with Gasteiger partial charge in [-0.2, -0.15) is 0 Å². The minimum Gasteiger partial charge on any atom is -0.306 e. The van der Waals surface area contributed by atoms with E-state index < -0.39 is 5.66 Å². The average Bonchev–Trinajstić information content (AvgIpc) is 2.28. The van der Waals surface area contributed by atoms with Crippen molar-refractivity contribution >= 4 is 0 Å². The minimum atomic E-state index is -0.641. The summed E-state index contributed by atoms with van der Waals surface area (Å²) >= 11 is 0. The molecule has 0 spiro atoms. The molecule has 0 aliphatic heterocycles. The van der Waals surface area contributed by atoms with Crippen LogP contribution >= 0.6 is 0 Å². The van der Waals surface area contributed by atoms with Crippen molar-refractivity contribution in [3.05, 3.63) is 30.1 Å². The van der Waals surface area contributed by atoms with Crippen molar-refractivity contribution in [2.75, 3.05) is 28.2 Å². The quantitative estimate of drug-likeness (QED) is 0.667. The molecule has 1 heterocycles. The zero-order valence-corrected chi connectivity index (χ0v) is 13.0. The molecule has 4 nitrogen and oxygen atoms in total. The topological polar surface area (TPSA) is 45.4 Å². The Morgan fingerprint density at radius 1 is 1.06 bits per heavy atom. The van der Waals surface area contributed by atoms with Crippen LogP contribution in [0.4, 0.5) is 0 Å². The number of likely N-dealkylation sites (N-methyl/N-ethyl adjacent to an activating group) is 2. The maximum atomic E-state index is 6.66. The molecular weight excluding hydrogens is 271 g/mol. The van der Waals surface area contributed by atoms with Gasteiger partial charge in [0.2, 0.25) is 0 Å². The number of nitrogens with zero attached hydrogens (tertiary/aromatic N) is 3. The van der Waals surface area contributed by atoms with Gasteiger partial charge in [-0.3, -0.25) is 9.88 Å². The number of hydrogen-bond acceptors (Lipinski definition) is 4. The number of rotatable bonds is 4. The van der Waals surface area contributed by atoms with Crippen LogP contribution in [0.15, 0.2) is 24.4 Å². The maximum absolute atomic E-state index is 6.66. The first-order chi connectivity index (χ1) is 7.74. The molecule has 18 heavy (non-hydrogen) atoms. The largest absolute Gasteiger partial charge is 0.306 e. The van der Waals surface area contributed by atoms with E-state index in [1.54, 1.807) is 6.20 Å². The second kappa shape index (κ2) is 6.11. The first-order valence-corrected chi connectivity index (χ1v) is 5.80. The van der Waals surface area contributed by atoms with Crippen LogP contribution in [0.5, 0.6) is 0 Å². The Morgan fingerprint density at radius 2 is 1.61 bits per heavy atom. The fourth-order valence-electron chi connectivity index (χ4n) is 2.02. The Kier molecular flexibility index (Phi) is 5.95. The standard InChI is InChI=1S/C13H24N4.Ni/c1-12(2,16(3)4)13(14,17(5)6)11-9-7-8-10-15-11;/h7-10H,14H2,1-6H3;. The zero-order valence-electron chi connectivity index (χ0n) is 12.0. The van der Waals surface area contributed by atoms with Crippen LogP contribution in [0, 0.1) is 0 Å². The summed E-state index contributed by atoms with van der Waals surface area (Å²) in [6, 6.07) is 5.85. The van der Waals surface area contributed by atoms with Crippen LogP contribution in [0.3, 0.4) is 0 Å². The van der Waals surface area contributed by atoms with Gasteiger partial charge in [0.1, 0.15) is 5.66 Å². The van der Waals surface area contributed by atoms with Crippen molar-refractivity contribution in [1.82, 2.24) is 14.8 Å². The van der Waals surface area contributed by atoms with Crippen LogP contribution in [0.1, 0.15) is 19.5 Å². The maximum Gasteiger partial charge on any atom is 0.130 e. The molecule has 1 aromatic heterocycles. The van der Waals surface area contributed by atoms with Crippen molar-refractivity contribution < 1.29 is 16.5 Å². The van der Waals surface area contributed by atoms with Gasteiger partial charge in [0.05, 0.1) is 11.2 Å². The second-order valence-corrected chi connectivity index (χ2v) is 5.33. The normalized spacial score (nSPS) is 15.4. The van der Waals surface area contributed by atoms with E-state index in [2.05, 4.69) is 23.7 Å². The summed E-state index contributed by atoms with van der Waals surface area (Å²) in [6.07, 6.45) is 1.78. The Morgan fingerprint density at radius 3 is 1.94 bits per heavy atom. The third-order valence-electron chi connectivity index (χ3n) is 3.81. The SMILES string of the molecule is CN(C)C(C)(C)C(N)(c1ccccn1)N(C)C.[Ni]. The number of pyridine rings is 1. The molecule has 0 aliphatic rings. The molecule has 1 atom stereocenters. The summed E-state index contributed by atoms with van der Waals surface area (Å²) in [5, 5.41) is 0. The van der Waals surface area contributed by atoms with E-state index in [9.17, 15) is 0 Å². The molecule has 1 rings (SSSR count). The molecule has 5 heteroatoms. The minimum absolute atomic E-state index is 0.